The number of phenols is 1. The summed E-state index contributed by atoms with van der Waals surface area (Å²) in [6.45, 7) is 0.414. The molecule has 3 N–H and O–H groups in total. The van der Waals surface area contributed by atoms with E-state index in [1.54, 1.807) is 0 Å². The molecule has 0 saturated heterocycles. The first-order chi connectivity index (χ1) is 15.4. The van der Waals surface area contributed by atoms with Gasteiger partial charge < -0.3 is 15.7 Å². The van der Waals surface area contributed by atoms with E-state index < -0.39 is 28.2 Å². The van der Waals surface area contributed by atoms with Crippen LogP contribution in [0.4, 0.5) is 5.69 Å². The van der Waals surface area contributed by atoms with Gasteiger partial charge in [-0.15, -0.1) is 0 Å². The van der Waals surface area contributed by atoms with Crippen molar-refractivity contribution in [3.05, 3.63) is 111 Å². The highest BCUT2D eigenvalue weighted by Gasteiger charge is 2.20. The molecule has 0 saturated carbocycles. The van der Waals surface area contributed by atoms with E-state index in [9.17, 15) is 24.8 Å². The first-order valence-electron chi connectivity index (χ1n) is 9.77. The zero-order valence-electron chi connectivity index (χ0n) is 17.0. The van der Waals surface area contributed by atoms with Crippen LogP contribution >= 0.6 is 0 Å². The SMILES string of the molecule is O=C(NCc1ccccc1)C(=Cc1ccc(O)c([N+](=O)[O-])c1)C(=O)NCc1ccccc1. The Labute approximate surface area is 184 Å². The molecular weight excluding hydrogens is 410 g/mol. The van der Waals surface area contributed by atoms with Gasteiger partial charge in [0.15, 0.2) is 5.75 Å². The minimum absolute atomic E-state index is 0.207. The van der Waals surface area contributed by atoms with Crippen molar-refractivity contribution < 1.29 is 19.6 Å². The average molecular weight is 431 g/mol. The number of benzene rings is 3. The van der Waals surface area contributed by atoms with Gasteiger partial charge in [0, 0.05) is 19.2 Å². The number of hydrogen-bond donors (Lipinski definition) is 3. The Kier molecular flexibility index (Phi) is 7.32. The van der Waals surface area contributed by atoms with Gasteiger partial charge in [-0.1, -0.05) is 66.7 Å². The van der Waals surface area contributed by atoms with Gasteiger partial charge in [-0.25, -0.2) is 0 Å². The van der Waals surface area contributed by atoms with Gasteiger partial charge in [0.25, 0.3) is 11.8 Å². The van der Waals surface area contributed by atoms with Gasteiger partial charge in [0.2, 0.25) is 0 Å². The molecule has 0 aliphatic heterocycles. The lowest BCUT2D eigenvalue weighted by Crippen LogP contribution is -2.34. The number of amides is 2. The highest BCUT2D eigenvalue weighted by Crippen LogP contribution is 2.27. The standard InChI is InChI=1S/C24H21N3O5/c28-22-12-11-19(14-21(22)27(31)32)13-20(23(29)25-15-17-7-3-1-4-8-17)24(30)26-16-18-9-5-2-6-10-18/h1-14,28H,15-16H2,(H,25,29)(H,26,30). The maximum atomic E-state index is 12.8. The minimum Gasteiger partial charge on any atom is -0.502 e. The van der Waals surface area contributed by atoms with Crippen molar-refractivity contribution in [2.24, 2.45) is 0 Å². The van der Waals surface area contributed by atoms with E-state index in [1.165, 1.54) is 12.1 Å². The quantitative estimate of drug-likeness (QED) is 0.166. The monoisotopic (exact) mass is 431 g/mol. The third kappa shape index (κ3) is 6.02. The van der Waals surface area contributed by atoms with Crippen LogP contribution in [0.1, 0.15) is 16.7 Å². The predicted octanol–water partition coefficient (Wildman–Crippen LogP) is 3.32. The topological polar surface area (TPSA) is 122 Å². The first-order valence-corrected chi connectivity index (χ1v) is 9.77. The van der Waals surface area contributed by atoms with E-state index in [4.69, 9.17) is 0 Å². The number of hydrogen-bond acceptors (Lipinski definition) is 5. The van der Waals surface area contributed by atoms with E-state index in [0.29, 0.717) is 0 Å². The van der Waals surface area contributed by atoms with Crippen LogP contribution in [0.15, 0.2) is 84.4 Å². The largest absolute Gasteiger partial charge is 0.502 e. The van der Waals surface area contributed by atoms with Crippen molar-refractivity contribution in [2.45, 2.75) is 13.1 Å². The molecule has 3 rings (SSSR count). The smallest absolute Gasteiger partial charge is 0.311 e. The maximum Gasteiger partial charge on any atom is 0.311 e. The fourth-order valence-electron chi connectivity index (χ4n) is 2.92. The normalized spacial score (nSPS) is 10.1. The Morgan fingerprint density at radius 1 is 0.844 bits per heavy atom. The molecule has 0 aliphatic rings. The molecular formula is C24H21N3O5. The number of nitrogens with zero attached hydrogens (tertiary/aromatic N) is 1. The zero-order chi connectivity index (χ0) is 22.9. The van der Waals surface area contributed by atoms with Crippen LogP contribution in [-0.2, 0) is 22.7 Å². The van der Waals surface area contributed by atoms with Gasteiger partial charge in [0.1, 0.15) is 5.57 Å². The van der Waals surface area contributed by atoms with E-state index in [2.05, 4.69) is 10.6 Å². The summed E-state index contributed by atoms with van der Waals surface area (Å²) in [5, 5.41) is 26.2. The number of nitrogens with one attached hydrogen (secondary N) is 2. The van der Waals surface area contributed by atoms with Crippen molar-refractivity contribution in [3.63, 3.8) is 0 Å². The fourth-order valence-corrected chi connectivity index (χ4v) is 2.92. The summed E-state index contributed by atoms with van der Waals surface area (Å²) in [7, 11) is 0. The van der Waals surface area contributed by atoms with E-state index in [1.807, 2.05) is 60.7 Å². The van der Waals surface area contributed by atoms with Crippen molar-refractivity contribution in [2.75, 3.05) is 0 Å². The molecule has 0 spiro atoms. The lowest BCUT2D eigenvalue weighted by molar-refractivity contribution is -0.385. The van der Waals surface area contributed by atoms with Crippen molar-refractivity contribution in [1.82, 2.24) is 10.6 Å². The Morgan fingerprint density at radius 3 is 1.81 bits per heavy atom. The van der Waals surface area contributed by atoms with Gasteiger partial charge in [0.05, 0.1) is 4.92 Å². The Bertz CT molecular complexity index is 1090. The third-order valence-electron chi connectivity index (χ3n) is 4.59. The molecule has 8 heteroatoms. The van der Waals surface area contributed by atoms with Crippen LogP contribution in [0, 0.1) is 10.1 Å². The first kappa shape index (κ1) is 22.2. The number of rotatable bonds is 8. The van der Waals surface area contributed by atoms with Crippen LogP contribution in [0.25, 0.3) is 6.08 Å². The molecule has 162 valence electrons. The molecule has 0 unspecified atom stereocenters. The second-order valence-corrected chi connectivity index (χ2v) is 6.90. The predicted molar refractivity (Wildman–Crippen MR) is 119 cm³/mol. The molecule has 0 radical (unpaired) electrons. The Hall–Kier alpha value is -4.46. The Balaban J connectivity index is 1.84. The van der Waals surface area contributed by atoms with Crippen molar-refractivity contribution in [3.8, 4) is 5.75 Å². The van der Waals surface area contributed by atoms with Crippen LogP contribution in [-0.4, -0.2) is 21.8 Å². The highest BCUT2D eigenvalue weighted by atomic mass is 16.6. The molecule has 0 atom stereocenters. The molecule has 0 aliphatic carbocycles. The molecule has 8 nitrogen and oxygen atoms in total. The van der Waals surface area contributed by atoms with Crippen LogP contribution in [0.3, 0.4) is 0 Å². The minimum atomic E-state index is -0.739. The molecule has 0 aromatic heterocycles. The number of nitro benzene ring substituents is 1. The lowest BCUT2D eigenvalue weighted by atomic mass is 10.1. The van der Waals surface area contributed by atoms with Crippen molar-refractivity contribution in [1.29, 1.82) is 0 Å². The molecule has 32 heavy (non-hydrogen) atoms. The van der Waals surface area contributed by atoms with Crippen LogP contribution < -0.4 is 10.6 Å². The summed E-state index contributed by atoms with van der Waals surface area (Å²) in [5.74, 6) is -1.76. The van der Waals surface area contributed by atoms with Gasteiger partial charge in [-0.05, 0) is 28.8 Å². The maximum absolute atomic E-state index is 12.8. The van der Waals surface area contributed by atoms with Crippen LogP contribution in [0.2, 0.25) is 0 Å². The van der Waals surface area contributed by atoms with Gasteiger partial charge in [-0.2, -0.15) is 0 Å². The van der Waals surface area contributed by atoms with E-state index >= 15 is 0 Å². The molecule has 3 aromatic carbocycles. The summed E-state index contributed by atoms with van der Waals surface area (Å²) in [6, 6.07) is 22.0. The highest BCUT2D eigenvalue weighted by molar-refractivity contribution is 6.21. The summed E-state index contributed by atoms with van der Waals surface area (Å²) < 4.78 is 0. The second kappa shape index (κ2) is 10.5. The number of carbonyl (C=O) groups excluding carboxylic acids is 2. The molecule has 0 fully saturated rings. The zero-order valence-corrected chi connectivity index (χ0v) is 17.0. The lowest BCUT2D eigenvalue weighted by Gasteiger charge is -2.11. The third-order valence-corrected chi connectivity index (χ3v) is 4.59. The van der Waals surface area contributed by atoms with E-state index in [0.717, 1.165) is 23.3 Å². The van der Waals surface area contributed by atoms with Gasteiger partial charge in [-0.3, -0.25) is 19.7 Å². The number of phenolic OH excluding ortho intramolecular Hbond substituents is 1. The van der Waals surface area contributed by atoms with Gasteiger partial charge >= 0.3 is 5.69 Å². The molecule has 3 aromatic rings. The van der Waals surface area contributed by atoms with Crippen LogP contribution in [0.5, 0.6) is 5.75 Å². The molecule has 2 amide bonds. The summed E-state index contributed by atoms with van der Waals surface area (Å²) in [6.07, 6.45) is 1.26. The number of nitro groups is 1. The second-order valence-electron chi connectivity index (χ2n) is 6.90. The summed E-state index contributed by atoms with van der Waals surface area (Å²) >= 11 is 0. The van der Waals surface area contributed by atoms with E-state index in [-0.39, 0.29) is 24.2 Å². The van der Waals surface area contributed by atoms with Crippen molar-refractivity contribution >= 4 is 23.6 Å². The average Bonchev–Trinajstić information content (AvgIpc) is 2.81. The fraction of sp³-hybridized carbons (Fsp3) is 0.0833. The molecule has 0 heterocycles. The number of aromatic hydroxyl groups is 1. The summed E-state index contributed by atoms with van der Waals surface area (Å²) in [5.41, 5.74) is 1.20. The summed E-state index contributed by atoms with van der Waals surface area (Å²) in [4.78, 5) is 36.0. The number of carbonyl (C=O) groups is 2. The molecule has 0 bridgehead atoms. The Morgan fingerprint density at radius 2 is 1.34 bits per heavy atom.